The smallest absolute Gasteiger partial charge is 0.318 e. The normalized spacial score (nSPS) is 50.0. The van der Waals surface area contributed by atoms with Gasteiger partial charge in [-0.3, -0.25) is 9.59 Å². The molecule has 0 unspecified atom stereocenters. The molecule has 0 amide bonds. The maximum Gasteiger partial charge on any atom is 0.318 e. The first-order valence-corrected chi connectivity index (χ1v) is 6.22. The molecule has 0 aromatic rings. The molecule has 0 aromatic carbocycles. The van der Waals surface area contributed by atoms with Crippen LogP contribution in [-0.4, -0.2) is 11.9 Å². The molecule has 0 aromatic heterocycles. The van der Waals surface area contributed by atoms with Crippen molar-refractivity contribution in [2.45, 2.75) is 13.8 Å². The van der Waals surface area contributed by atoms with Gasteiger partial charge in [-0.1, -0.05) is 23.3 Å². The molecule has 1 saturated carbocycles. The van der Waals surface area contributed by atoms with Crippen LogP contribution < -0.4 is 0 Å². The third-order valence-electron chi connectivity index (χ3n) is 5.36. The molecule has 1 heterocycles. The first-order valence-electron chi connectivity index (χ1n) is 6.22. The summed E-state index contributed by atoms with van der Waals surface area (Å²) in [4.78, 5) is 23.6. The van der Waals surface area contributed by atoms with Crippen LogP contribution in [0.4, 0.5) is 0 Å². The predicted octanol–water partition coefficient (Wildman–Crippen LogP) is 1.70. The van der Waals surface area contributed by atoms with Crippen molar-refractivity contribution in [2.24, 2.45) is 35.5 Å². The average molecular weight is 230 g/mol. The van der Waals surface area contributed by atoms with Crippen LogP contribution in [0.3, 0.4) is 0 Å². The molecule has 2 bridgehead atoms. The summed E-state index contributed by atoms with van der Waals surface area (Å²) in [6.45, 7) is 4.31. The molecule has 1 aliphatic heterocycles. The highest BCUT2D eigenvalue weighted by atomic mass is 16.6. The molecule has 0 N–H and O–H groups in total. The van der Waals surface area contributed by atoms with E-state index in [1.54, 1.807) is 0 Å². The maximum absolute atomic E-state index is 11.8. The first kappa shape index (κ1) is 9.63. The van der Waals surface area contributed by atoms with Gasteiger partial charge in [0.05, 0.1) is 11.8 Å². The van der Waals surface area contributed by atoms with E-state index in [0.29, 0.717) is 11.8 Å². The van der Waals surface area contributed by atoms with Crippen LogP contribution in [0.15, 0.2) is 23.3 Å². The zero-order chi connectivity index (χ0) is 11.9. The molecule has 3 heteroatoms. The lowest BCUT2D eigenvalue weighted by Gasteiger charge is -2.56. The Morgan fingerprint density at radius 3 is 1.65 bits per heavy atom. The number of ether oxygens (including phenoxy) is 1. The Labute approximate surface area is 99.5 Å². The van der Waals surface area contributed by atoms with Crippen molar-refractivity contribution < 1.29 is 14.3 Å². The second kappa shape index (κ2) is 2.71. The topological polar surface area (TPSA) is 43.4 Å². The van der Waals surface area contributed by atoms with Gasteiger partial charge in [0.1, 0.15) is 0 Å². The first-order chi connectivity index (χ1) is 8.11. The van der Waals surface area contributed by atoms with Crippen molar-refractivity contribution in [1.82, 2.24) is 0 Å². The molecule has 88 valence electrons. The predicted molar refractivity (Wildman–Crippen MR) is 59.6 cm³/mol. The van der Waals surface area contributed by atoms with Crippen molar-refractivity contribution in [3.8, 4) is 0 Å². The molecule has 5 aliphatic rings. The third kappa shape index (κ3) is 0.874. The van der Waals surface area contributed by atoms with E-state index in [1.165, 1.54) is 11.1 Å². The zero-order valence-electron chi connectivity index (χ0n) is 9.84. The quantitative estimate of drug-likeness (QED) is 0.361. The number of allylic oxidation sites excluding steroid dienone is 4. The van der Waals surface area contributed by atoms with Crippen LogP contribution in [-0.2, 0) is 14.3 Å². The second-order valence-electron chi connectivity index (χ2n) is 5.75. The van der Waals surface area contributed by atoms with Gasteiger partial charge in [-0.15, -0.1) is 0 Å². The number of carbonyl (C=O) groups is 2. The van der Waals surface area contributed by atoms with Crippen LogP contribution in [0.2, 0.25) is 0 Å². The summed E-state index contributed by atoms with van der Waals surface area (Å²) < 4.78 is 4.85. The summed E-state index contributed by atoms with van der Waals surface area (Å²) in [6, 6.07) is 0. The maximum atomic E-state index is 11.8. The second-order valence-corrected chi connectivity index (χ2v) is 5.75. The number of cyclic esters (lactones) is 2. The lowest BCUT2D eigenvalue weighted by molar-refractivity contribution is -0.154. The molecule has 0 spiro atoms. The van der Waals surface area contributed by atoms with E-state index < -0.39 is 0 Å². The Morgan fingerprint density at radius 1 is 0.824 bits per heavy atom. The third-order valence-corrected chi connectivity index (χ3v) is 5.36. The van der Waals surface area contributed by atoms with Gasteiger partial charge < -0.3 is 4.74 Å². The summed E-state index contributed by atoms with van der Waals surface area (Å²) in [5.41, 5.74) is 2.83. The monoisotopic (exact) mass is 230 g/mol. The zero-order valence-corrected chi connectivity index (χ0v) is 9.84. The van der Waals surface area contributed by atoms with Crippen molar-refractivity contribution in [3.63, 3.8) is 0 Å². The van der Waals surface area contributed by atoms with E-state index >= 15 is 0 Å². The van der Waals surface area contributed by atoms with Crippen molar-refractivity contribution in [1.29, 1.82) is 0 Å². The molecular formula is C14H14O3. The Balaban J connectivity index is 1.86. The Kier molecular flexibility index (Phi) is 1.54. The molecule has 3 nitrogen and oxygen atoms in total. The van der Waals surface area contributed by atoms with Crippen LogP contribution in [0, 0.1) is 35.5 Å². The lowest BCUT2D eigenvalue weighted by atomic mass is 9.46. The average Bonchev–Trinajstić information content (AvgIpc) is 2.65. The van der Waals surface area contributed by atoms with Gasteiger partial charge in [0.2, 0.25) is 0 Å². The summed E-state index contributed by atoms with van der Waals surface area (Å²) in [5.74, 6) is 0.332. The van der Waals surface area contributed by atoms with Crippen LogP contribution >= 0.6 is 0 Å². The molecule has 5 rings (SSSR count). The fourth-order valence-corrected chi connectivity index (χ4v) is 4.53. The summed E-state index contributed by atoms with van der Waals surface area (Å²) in [7, 11) is 0. The van der Waals surface area contributed by atoms with Crippen molar-refractivity contribution in [2.75, 3.05) is 0 Å². The summed E-state index contributed by atoms with van der Waals surface area (Å²) >= 11 is 0. The van der Waals surface area contributed by atoms with Gasteiger partial charge in [0, 0.05) is 0 Å². The van der Waals surface area contributed by atoms with E-state index in [-0.39, 0.29) is 35.6 Å². The van der Waals surface area contributed by atoms with Crippen LogP contribution in [0.5, 0.6) is 0 Å². The van der Waals surface area contributed by atoms with Gasteiger partial charge in [-0.25, -0.2) is 0 Å². The molecule has 6 atom stereocenters. The molecule has 17 heavy (non-hydrogen) atoms. The number of esters is 2. The number of rotatable bonds is 0. The van der Waals surface area contributed by atoms with Gasteiger partial charge >= 0.3 is 11.9 Å². The minimum Gasteiger partial charge on any atom is -0.393 e. The minimum atomic E-state index is -0.296. The SMILES string of the molecule is CC1=C(C)[C@@H]2[C@@H]3C=C[C@H]([C@H]4C(=O)OC(=O)[C@H]34)[C@@H]12. The molecule has 4 aliphatic carbocycles. The fraction of sp³-hybridized carbons (Fsp3) is 0.571. The standard InChI is InChI=1S/C14H14O3/c1-5-6(2)10-8-4-3-7(9(5)10)11-12(8)14(16)17-13(11)15/h3-4,7-12H,1-2H3/t7-,8-,9+,10+,11+,12+/m0/s1. The van der Waals surface area contributed by atoms with E-state index in [2.05, 4.69) is 26.0 Å². The van der Waals surface area contributed by atoms with Gasteiger partial charge in [-0.05, 0) is 37.5 Å². The van der Waals surface area contributed by atoms with Crippen LogP contribution in [0.1, 0.15) is 13.8 Å². The number of hydrogen-bond acceptors (Lipinski definition) is 3. The highest BCUT2D eigenvalue weighted by molar-refractivity contribution is 5.98. The Morgan fingerprint density at radius 2 is 1.24 bits per heavy atom. The largest absolute Gasteiger partial charge is 0.393 e. The fourth-order valence-electron chi connectivity index (χ4n) is 4.53. The highest BCUT2D eigenvalue weighted by Crippen LogP contribution is 2.63. The molecular weight excluding hydrogens is 216 g/mol. The minimum absolute atomic E-state index is 0.192. The van der Waals surface area contributed by atoms with Crippen molar-refractivity contribution in [3.05, 3.63) is 23.3 Å². The van der Waals surface area contributed by atoms with E-state index in [1.807, 2.05) is 0 Å². The van der Waals surface area contributed by atoms with Crippen LogP contribution in [0.25, 0.3) is 0 Å². The van der Waals surface area contributed by atoms with E-state index in [4.69, 9.17) is 4.74 Å². The molecule has 0 radical (unpaired) electrons. The number of carbonyl (C=O) groups excluding carboxylic acids is 2. The van der Waals surface area contributed by atoms with Gasteiger partial charge in [0.25, 0.3) is 0 Å². The summed E-state index contributed by atoms with van der Waals surface area (Å²) in [5, 5.41) is 0. The number of hydrogen-bond donors (Lipinski definition) is 0. The Hall–Kier alpha value is -1.38. The molecule has 1 saturated heterocycles. The van der Waals surface area contributed by atoms with E-state index in [0.717, 1.165) is 0 Å². The molecule has 2 fully saturated rings. The van der Waals surface area contributed by atoms with E-state index in [9.17, 15) is 9.59 Å². The lowest BCUT2D eigenvalue weighted by Crippen LogP contribution is -2.54. The van der Waals surface area contributed by atoms with Crippen molar-refractivity contribution >= 4 is 11.9 Å². The van der Waals surface area contributed by atoms with Gasteiger partial charge in [-0.2, -0.15) is 0 Å². The van der Waals surface area contributed by atoms with Gasteiger partial charge in [0.15, 0.2) is 0 Å². The highest BCUT2D eigenvalue weighted by Gasteiger charge is 2.64. The summed E-state index contributed by atoms with van der Waals surface area (Å²) in [6.07, 6.45) is 4.28. The Bertz CT molecular complexity index is 470.